The number of hydrogen-bond acceptors (Lipinski definition) is 4. The van der Waals surface area contributed by atoms with E-state index in [0.717, 1.165) is 38.2 Å². The van der Waals surface area contributed by atoms with Crippen molar-refractivity contribution in [3.63, 3.8) is 0 Å². The van der Waals surface area contributed by atoms with Gasteiger partial charge in [0, 0.05) is 54.1 Å². The minimum Gasteiger partial charge on any atom is -0.314 e. The molecule has 1 amide bonds. The molecule has 0 spiro atoms. The van der Waals surface area contributed by atoms with E-state index in [4.69, 9.17) is 0 Å². The predicted molar refractivity (Wildman–Crippen MR) is 145 cm³/mol. The van der Waals surface area contributed by atoms with E-state index in [1.165, 1.54) is 4.90 Å². The largest absolute Gasteiger partial charge is 0.416 e. The molecule has 0 unspecified atom stereocenters. The normalized spacial score (nSPS) is 22.0. The number of halogens is 5. The summed E-state index contributed by atoms with van der Waals surface area (Å²) in [4.78, 5) is 14.9. The number of anilines is 1. The van der Waals surface area contributed by atoms with Crippen LogP contribution in [0.25, 0.3) is 0 Å². The molecule has 1 aromatic heterocycles. The summed E-state index contributed by atoms with van der Waals surface area (Å²) in [6.07, 6.45) is 1.53. The van der Waals surface area contributed by atoms with Crippen molar-refractivity contribution >= 4 is 11.6 Å². The van der Waals surface area contributed by atoms with Crippen LogP contribution in [-0.4, -0.2) is 32.1 Å². The molecule has 4 aliphatic rings. The third-order valence-electron chi connectivity index (χ3n) is 9.63. The van der Waals surface area contributed by atoms with Gasteiger partial charge in [0.2, 0.25) is 5.92 Å². The van der Waals surface area contributed by atoms with Crippen LogP contribution in [0, 0.1) is 0 Å². The smallest absolute Gasteiger partial charge is 0.314 e. The number of alkyl halides is 5. The third-order valence-corrected chi connectivity index (χ3v) is 9.63. The first-order chi connectivity index (χ1) is 19.8. The fourth-order valence-electron chi connectivity index (χ4n) is 6.96. The lowest BCUT2D eigenvalue weighted by Gasteiger charge is -2.48. The van der Waals surface area contributed by atoms with E-state index in [-0.39, 0.29) is 49.0 Å². The van der Waals surface area contributed by atoms with Gasteiger partial charge in [0.05, 0.1) is 12.1 Å². The Bertz CT molecular complexity index is 1550. The van der Waals surface area contributed by atoms with Gasteiger partial charge in [-0.25, -0.2) is 8.78 Å². The number of amides is 1. The van der Waals surface area contributed by atoms with Crippen LogP contribution in [0.3, 0.4) is 0 Å². The minimum atomic E-state index is -4.63. The summed E-state index contributed by atoms with van der Waals surface area (Å²) in [6, 6.07) is 9.77. The highest BCUT2D eigenvalue weighted by Gasteiger charge is 2.58. The molecule has 3 saturated carbocycles. The second-order valence-electron chi connectivity index (χ2n) is 12.9. The van der Waals surface area contributed by atoms with Crippen molar-refractivity contribution in [2.75, 3.05) is 4.90 Å². The molecule has 2 heterocycles. The number of benzene rings is 2. The second kappa shape index (κ2) is 9.33. The molecular weight excluding hydrogens is 553 g/mol. The van der Waals surface area contributed by atoms with E-state index < -0.39 is 29.0 Å². The summed E-state index contributed by atoms with van der Waals surface area (Å²) >= 11 is 0. The van der Waals surface area contributed by atoms with Gasteiger partial charge in [-0.2, -0.15) is 13.2 Å². The molecule has 3 fully saturated rings. The SMILES string of the molecule is CC1(NCc2cc3c(c(C(F)(F)F)c2)CN(c2cccc(C4(Cc5nncn5C5CC5)CC(F)(F)C4)c2)C3=O)CCC1. The predicted octanol–water partition coefficient (Wildman–Crippen LogP) is 6.73. The molecule has 42 heavy (non-hydrogen) atoms. The maximum atomic E-state index is 14.4. The van der Waals surface area contributed by atoms with E-state index in [1.54, 1.807) is 36.7 Å². The molecule has 0 atom stereocenters. The van der Waals surface area contributed by atoms with E-state index >= 15 is 0 Å². The number of hydrogen-bond donors (Lipinski definition) is 1. The summed E-state index contributed by atoms with van der Waals surface area (Å²) in [5.74, 6) is -2.71. The molecule has 222 valence electrons. The Kier molecular flexibility index (Phi) is 6.11. The Balaban J connectivity index is 1.20. The zero-order valence-corrected chi connectivity index (χ0v) is 23.3. The van der Waals surface area contributed by atoms with Crippen molar-refractivity contribution in [3.8, 4) is 0 Å². The van der Waals surface area contributed by atoms with Crippen LogP contribution in [0.5, 0.6) is 0 Å². The maximum absolute atomic E-state index is 14.4. The fraction of sp³-hybridized carbons (Fsp3) is 0.516. The Morgan fingerprint density at radius 2 is 1.86 bits per heavy atom. The van der Waals surface area contributed by atoms with E-state index in [2.05, 4.69) is 22.4 Å². The van der Waals surface area contributed by atoms with Crippen LogP contribution < -0.4 is 10.2 Å². The molecule has 11 heteroatoms. The van der Waals surface area contributed by atoms with Crippen LogP contribution in [0.1, 0.15) is 96.3 Å². The van der Waals surface area contributed by atoms with Crippen molar-refractivity contribution in [1.82, 2.24) is 20.1 Å². The number of nitrogens with one attached hydrogen (secondary N) is 1. The Morgan fingerprint density at radius 3 is 2.50 bits per heavy atom. The fourth-order valence-corrected chi connectivity index (χ4v) is 6.96. The molecule has 3 aromatic rings. The molecule has 7 rings (SSSR count). The van der Waals surface area contributed by atoms with Crippen LogP contribution in [0.15, 0.2) is 42.7 Å². The second-order valence-corrected chi connectivity index (χ2v) is 12.9. The highest BCUT2D eigenvalue weighted by Crippen LogP contribution is 2.56. The first kappa shape index (κ1) is 27.5. The Hall–Kier alpha value is -3.34. The van der Waals surface area contributed by atoms with Gasteiger partial charge in [-0.3, -0.25) is 4.79 Å². The highest BCUT2D eigenvalue weighted by molar-refractivity contribution is 6.10. The van der Waals surface area contributed by atoms with Crippen LogP contribution >= 0.6 is 0 Å². The lowest BCUT2D eigenvalue weighted by molar-refractivity contribution is -0.138. The minimum absolute atomic E-state index is 0.0354. The molecular formula is C31H32F5N5O. The van der Waals surface area contributed by atoms with E-state index in [1.807, 2.05) is 4.57 Å². The number of aromatic nitrogens is 3. The average Bonchev–Trinajstić information content (AvgIpc) is 3.56. The van der Waals surface area contributed by atoms with Gasteiger partial charge in [-0.05, 0) is 80.0 Å². The standard InChI is InChI=1S/C31H32F5N5O/c1-28(8-3-9-28)37-14-19-10-23-24(25(11-19)31(34,35)36)15-40(27(23)42)22-5-2-4-20(12-22)29(16-30(32,33)17-29)13-26-39-38-18-41(26)21-6-7-21/h2,4-5,10-12,18,21,37H,3,6-9,13-17H2,1H3. The molecule has 0 bridgehead atoms. The summed E-state index contributed by atoms with van der Waals surface area (Å²) in [6.45, 7) is 2.05. The number of nitrogens with zero attached hydrogens (tertiary/aromatic N) is 4. The molecule has 6 nitrogen and oxygen atoms in total. The number of rotatable bonds is 8. The maximum Gasteiger partial charge on any atom is 0.416 e. The van der Waals surface area contributed by atoms with Crippen molar-refractivity contribution < 1.29 is 26.7 Å². The quantitative estimate of drug-likeness (QED) is 0.298. The van der Waals surface area contributed by atoms with E-state index in [9.17, 15) is 26.7 Å². The molecule has 1 aliphatic heterocycles. The van der Waals surface area contributed by atoms with Gasteiger partial charge in [-0.15, -0.1) is 10.2 Å². The van der Waals surface area contributed by atoms with Gasteiger partial charge in [-0.1, -0.05) is 12.1 Å². The van der Waals surface area contributed by atoms with Crippen molar-refractivity contribution in [3.05, 3.63) is 76.4 Å². The summed E-state index contributed by atoms with van der Waals surface area (Å²) in [5.41, 5.74) is -0.425. The summed E-state index contributed by atoms with van der Waals surface area (Å²) in [5, 5.41) is 11.6. The number of fused-ring (bicyclic) bond motifs is 1. The van der Waals surface area contributed by atoms with E-state index in [0.29, 0.717) is 28.7 Å². The van der Waals surface area contributed by atoms with Crippen LogP contribution in [0.2, 0.25) is 0 Å². The first-order valence-corrected chi connectivity index (χ1v) is 14.5. The van der Waals surface area contributed by atoms with Crippen molar-refractivity contribution in [2.24, 2.45) is 0 Å². The topological polar surface area (TPSA) is 63.0 Å². The highest BCUT2D eigenvalue weighted by atomic mass is 19.4. The van der Waals surface area contributed by atoms with Crippen LogP contribution in [-0.2, 0) is 31.1 Å². The van der Waals surface area contributed by atoms with Gasteiger partial charge in [0.15, 0.2) is 0 Å². The zero-order chi connectivity index (χ0) is 29.5. The number of carbonyl (C=O) groups excluding carboxylic acids is 1. The summed E-state index contributed by atoms with van der Waals surface area (Å²) in [7, 11) is 0. The first-order valence-electron chi connectivity index (χ1n) is 14.5. The van der Waals surface area contributed by atoms with Gasteiger partial charge in [0.1, 0.15) is 12.2 Å². The monoisotopic (exact) mass is 585 g/mol. The summed E-state index contributed by atoms with van der Waals surface area (Å²) < 4.78 is 73.4. The van der Waals surface area contributed by atoms with Gasteiger partial charge < -0.3 is 14.8 Å². The molecule has 0 saturated heterocycles. The lowest BCUT2D eigenvalue weighted by atomic mass is 9.60. The third kappa shape index (κ3) is 4.79. The molecule has 1 N–H and O–H groups in total. The Labute approximate surface area is 240 Å². The van der Waals surface area contributed by atoms with Gasteiger partial charge in [0.25, 0.3) is 5.91 Å². The average molecular weight is 586 g/mol. The van der Waals surface area contributed by atoms with Crippen molar-refractivity contribution in [1.29, 1.82) is 0 Å². The van der Waals surface area contributed by atoms with Gasteiger partial charge >= 0.3 is 6.18 Å². The lowest BCUT2D eigenvalue weighted by Crippen LogP contribution is -2.51. The molecule has 3 aliphatic carbocycles. The molecule has 0 radical (unpaired) electrons. The van der Waals surface area contributed by atoms with Crippen LogP contribution in [0.4, 0.5) is 27.6 Å². The Morgan fingerprint density at radius 1 is 1.10 bits per heavy atom. The number of carbonyl (C=O) groups is 1. The molecule has 2 aromatic carbocycles. The van der Waals surface area contributed by atoms with Crippen molar-refractivity contribution in [2.45, 2.75) is 100 Å². The zero-order valence-electron chi connectivity index (χ0n) is 23.3.